The van der Waals surface area contributed by atoms with Crippen molar-refractivity contribution in [1.82, 2.24) is 10.2 Å². The van der Waals surface area contributed by atoms with Gasteiger partial charge >= 0.3 is 12.1 Å². The number of hydrogen-bond acceptors (Lipinski definition) is 4. The van der Waals surface area contributed by atoms with Crippen molar-refractivity contribution >= 4 is 5.97 Å². The summed E-state index contributed by atoms with van der Waals surface area (Å²) in [7, 11) is 1.35. The van der Waals surface area contributed by atoms with Gasteiger partial charge in [-0.15, -0.1) is 0 Å². The van der Waals surface area contributed by atoms with Gasteiger partial charge in [0.25, 0.3) is 0 Å². The maximum Gasteiger partial charge on any atom is 0.416 e. The highest BCUT2D eigenvalue weighted by molar-refractivity contribution is 5.69. The van der Waals surface area contributed by atoms with Crippen LogP contribution >= 0.6 is 0 Å². The Morgan fingerprint density at radius 1 is 1.13 bits per heavy atom. The summed E-state index contributed by atoms with van der Waals surface area (Å²) in [6.45, 7) is 3.74. The molecule has 5 nitrogen and oxygen atoms in total. The average Bonchev–Trinajstić information content (AvgIpc) is 3.16. The van der Waals surface area contributed by atoms with Crippen LogP contribution in [0.4, 0.5) is 13.2 Å². The number of aryl methyl sites for hydroxylation is 3. The number of aromatic nitrogens is 2. The fourth-order valence-electron chi connectivity index (χ4n) is 3.28. The van der Waals surface area contributed by atoms with Gasteiger partial charge in [0.05, 0.1) is 18.9 Å². The number of halogens is 3. The molecule has 164 valence electrons. The van der Waals surface area contributed by atoms with Crippen molar-refractivity contribution in [2.75, 3.05) is 7.11 Å². The van der Waals surface area contributed by atoms with Crippen LogP contribution in [0.3, 0.4) is 0 Å². The number of ether oxygens (including phenoxy) is 2. The molecule has 0 aliphatic carbocycles. The molecule has 0 radical (unpaired) electrons. The molecule has 8 heteroatoms. The third-order valence-electron chi connectivity index (χ3n) is 5.09. The summed E-state index contributed by atoms with van der Waals surface area (Å²) in [6.07, 6.45) is -2.62. The monoisotopic (exact) mass is 432 g/mol. The van der Waals surface area contributed by atoms with Crippen LogP contribution in [0.2, 0.25) is 0 Å². The second-order valence-corrected chi connectivity index (χ2v) is 7.23. The Kier molecular flexibility index (Phi) is 6.68. The fraction of sp³-hybridized carbons (Fsp3) is 0.304. The van der Waals surface area contributed by atoms with E-state index in [-0.39, 0.29) is 12.4 Å². The van der Waals surface area contributed by atoms with E-state index in [1.54, 1.807) is 12.3 Å². The normalized spacial score (nSPS) is 12.5. The van der Waals surface area contributed by atoms with E-state index in [1.165, 1.54) is 19.2 Å². The van der Waals surface area contributed by atoms with Gasteiger partial charge in [-0.2, -0.15) is 18.3 Å². The summed E-state index contributed by atoms with van der Waals surface area (Å²) in [4.78, 5) is 11.4. The van der Waals surface area contributed by atoms with Gasteiger partial charge in [0.1, 0.15) is 5.75 Å². The van der Waals surface area contributed by atoms with Crippen LogP contribution in [0.15, 0.2) is 48.7 Å². The predicted molar refractivity (Wildman–Crippen MR) is 109 cm³/mol. The lowest BCUT2D eigenvalue weighted by Gasteiger charge is -2.21. The van der Waals surface area contributed by atoms with Gasteiger partial charge in [-0.3, -0.25) is 9.89 Å². The zero-order chi connectivity index (χ0) is 22.6. The summed E-state index contributed by atoms with van der Waals surface area (Å²) in [5.74, 6) is 0.280. The van der Waals surface area contributed by atoms with Crippen molar-refractivity contribution in [2.45, 2.75) is 39.0 Å². The van der Waals surface area contributed by atoms with E-state index in [9.17, 15) is 18.0 Å². The standard InChI is InChI=1S/C23H23F3N2O3/c1-14-12-19(10-6-16(14)7-11-21(29)30-3)31-22(20-13-27-28-15(20)2)17-4-8-18(9-5-17)23(24,25)26/h4-6,8-10,12-13,22H,7,11H2,1-3H3,(H,27,28). The first kappa shape index (κ1) is 22.4. The zero-order valence-electron chi connectivity index (χ0n) is 17.4. The summed E-state index contributed by atoms with van der Waals surface area (Å²) in [5, 5.41) is 6.86. The van der Waals surface area contributed by atoms with E-state index < -0.39 is 17.8 Å². The molecule has 0 amide bonds. The molecule has 0 fully saturated rings. The molecule has 0 saturated heterocycles. The first-order valence-corrected chi connectivity index (χ1v) is 9.69. The molecule has 3 rings (SSSR count). The molecule has 0 bridgehead atoms. The minimum atomic E-state index is -4.41. The first-order valence-electron chi connectivity index (χ1n) is 9.69. The van der Waals surface area contributed by atoms with Crippen LogP contribution in [0.5, 0.6) is 5.75 Å². The lowest BCUT2D eigenvalue weighted by atomic mass is 10.00. The van der Waals surface area contributed by atoms with E-state index in [2.05, 4.69) is 14.9 Å². The van der Waals surface area contributed by atoms with E-state index in [0.717, 1.165) is 34.5 Å². The Hall–Kier alpha value is -3.29. The Morgan fingerprint density at radius 2 is 1.84 bits per heavy atom. The molecule has 0 aliphatic rings. The summed E-state index contributed by atoms with van der Waals surface area (Å²) in [5.41, 5.74) is 3.28. The minimum Gasteiger partial charge on any atom is -0.481 e. The molecule has 1 unspecified atom stereocenters. The minimum absolute atomic E-state index is 0.278. The summed E-state index contributed by atoms with van der Waals surface area (Å²) in [6, 6.07) is 10.4. The van der Waals surface area contributed by atoms with Crippen molar-refractivity contribution < 1.29 is 27.4 Å². The smallest absolute Gasteiger partial charge is 0.416 e. The van der Waals surface area contributed by atoms with Crippen LogP contribution in [0, 0.1) is 13.8 Å². The Bertz CT molecular complexity index is 1040. The zero-order valence-corrected chi connectivity index (χ0v) is 17.4. The van der Waals surface area contributed by atoms with E-state index in [1.807, 2.05) is 26.0 Å². The van der Waals surface area contributed by atoms with Crippen LogP contribution in [-0.4, -0.2) is 23.3 Å². The summed E-state index contributed by atoms with van der Waals surface area (Å²) >= 11 is 0. The number of carbonyl (C=O) groups is 1. The molecule has 1 N–H and O–H groups in total. The van der Waals surface area contributed by atoms with Crippen LogP contribution in [0.25, 0.3) is 0 Å². The molecular formula is C23H23F3N2O3. The van der Waals surface area contributed by atoms with E-state index >= 15 is 0 Å². The number of benzene rings is 2. The first-order chi connectivity index (χ1) is 14.7. The number of H-pyrrole nitrogens is 1. The quantitative estimate of drug-likeness (QED) is 0.514. The number of aromatic amines is 1. The van der Waals surface area contributed by atoms with Crippen molar-refractivity contribution in [2.24, 2.45) is 0 Å². The SMILES string of the molecule is COC(=O)CCc1ccc(OC(c2ccc(C(F)(F)F)cc2)c2cn[nH]c2C)cc1C. The highest BCUT2D eigenvalue weighted by Gasteiger charge is 2.30. The van der Waals surface area contributed by atoms with Gasteiger partial charge in [0.2, 0.25) is 0 Å². The molecular weight excluding hydrogens is 409 g/mol. The number of methoxy groups -OCH3 is 1. The average molecular weight is 432 g/mol. The van der Waals surface area contributed by atoms with Gasteiger partial charge in [0.15, 0.2) is 6.10 Å². The summed E-state index contributed by atoms with van der Waals surface area (Å²) < 4.78 is 49.7. The molecule has 0 spiro atoms. The fourth-order valence-corrected chi connectivity index (χ4v) is 3.28. The molecule has 3 aromatic rings. The van der Waals surface area contributed by atoms with Crippen molar-refractivity contribution in [1.29, 1.82) is 0 Å². The van der Waals surface area contributed by atoms with Gasteiger partial charge < -0.3 is 9.47 Å². The topological polar surface area (TPSA) is 64.2 Å². The predicted octanol–water partition coefficient (Wildman–Crippen LogP) is 5.32. The third kappa shape index (κ3) is 5.45. The van der Waals surface area contributed by atoms with Gasteiger partial charge in [-0.1, -0.05) is 18.2 Å². The van der Waals surface area contributed by atoms with Crippen LogP contribution in [0.1, 0.15) is 46.0 Å². The molecule has 2 aromatic carbocycles. The van der Waals surface area contributed by atoms with Crippen LogP contribution in [-0.2, 0) is 22.1 Å². The number of rotatable bonds is 7. The lowest BCUT2D eigenvalue weighted by Crippen LogP contribution is -2.12. The van der Waals surface area contributed by atoms with Crippen LogP contribution < -0.4 is 4.74 Å². The molecule has 0 saturated carbocycles. The Balaban J connectivity index is 1.87. The highest BCUT2D eigenvalue weighted by Crippen LogP contribution is 2.34. The molecule has 1 atom stereocenters. The number of carbonyl (C=O) groups excluding carboxylic acids is 1. The molecule has 1 heterocycles. The van der Waals surface area contributed by atoms with Crippen molar-refractivity contribution in [3.05, 3.63) is 82.2 Å². The van der Waals surface area contributed by atoms with Crippen molar-refractivity contribution in [3.8, 4) is 5.75 Å². The number of nitrogens with zero attached hydrogens (tertiary/aromatic N) is 1. The Morgan fingerprint density at radius 3 is 2.39 bits per heavy atom. The second kappa shape index (κ2) is 9.24. The molecule has 31 heavy (non-hydrogen) atoms. The number of hydrogen-bond donors (Lipinski definition) is 1. The Labute approximate surface area is 178 Å². The van der Waals surface area contributed by atoms with Gasteiger partial charge in [-0.25, -0.2) is 0 Å². The highest BCUT2D eigenvalue weighted by atomic mass is 19.4. The number of alkyl halides is 3. The number of esters is 1. The third-order valence-corrected chi connectivity index (χ3v) is 5.09. The van der Waals surface area contributed by atoms with Gasteiger partial charge in [0, 0.05) is 17.7 Å². The van der Waals surface area contributed by atoms with Crippen molar-refractivity contribution in [3.63, 3.8) is 0 Å². The maximum absolute atomic E-state index is 12.9. The van der Waals surface area contributed by atoms with Gasteiger partial charge in [-0.05, 0) is 61.2 Å². The molecule has 1 aromatic heterocycles. The molecule has 0 aliphatic heterocycles. The van der Waals surface area contributed by atoms with E-state index in [4.69, 9.17) is 4.74 Å². The van der Waals surface area contributed by atoms with E-state index in [0.29, 0.717) is 17.7 Å². The lowest BCUT2D eigenvalue weighted by molar-refractivity contribution is -0.140. The maximum atomic E-state index is 12.9. The largest absolute Gasteiger partial charge is 0.481 e. The number of nitrogens with one attached hydrogen (secondary N) is 1. The second-order valence-electron chi connectivity index (χ2n) is 7.23.